The van der Waals surface area contributed by atoms with E-state index < -0.39 is 11.2 Å². The maximum Gasteiger partial charge on any atom is 0.317 e. The number of thioether (sulfide) groups is 1. The van der Waals surface area contributed by atoms with E-state index in [4.69, 9.17) is 0 Å². The molecule has 3 heterocycles. The van der Waals surface area contributed by atoms with Crippen LogP contribution in [0.1, 0.15) is 19.8 Å². The highest BCUT2D eigenvalue weighted by Gasteiger charge is 2.19. The van der Waals surface area contributed by atoms with Gasteiger partial charge >= 0.3 is 5.97 Å². The lowest BCUT2D eigenvalue weighted by Gasteiger charge is -2.10. The highest BCUT2D eigenvalue weighted by atomic mass is 32.2. The van der Waals surface area contributed by atoms with Crippen LogP contribution in [0.25, 0.3) is 16.3 Å². The molecule has 6 nitrogen and oxygen atoms in total. The Balaban J connectivity index is 1.95. The topological polar surface area (TPSA) is 80.4 Å². The van der Waals surface area contributed by atoms with Crippen LogP contribution in [-0.2, 0) is 4.79 Å². The summed E-state index contributed by atoms with van der Waals surface area (Å²) in [7, 11) is 0. The van der Waals surface area contributed by atoms with Gasteiger partial charge in [-0.25, -0.2) is 0 Å². The van der Waals surface area contributed by atoms with Crippen molar-refractivity contribution in [3.05, 3.63) is 29.6 Å². The summed E-state index contributed by atoms with van der Waals surface area (Å²) in [6.45, 7) is 1.97. The van der Waals surface area contributed by atoms with Crippen LogP contribution in [0, 0.1) is 0 Å². The summed E-state index contributed by atoms with van der Waals surface area (Å²) in [6, 6.07) is 7.50. The monoisotopic (exact) mass is 334 g/mol. The van der Waals surface area contributed by atoms with Gasteiger partial charge in [-0.2, -0.15) is 9.61 Å². The minimum Gasteiger partial charge on any atom is -0.480 e. The van der Waals surface area contributed by atoms with Gasteiger partial charge in [-0.15, -0.1) is 21.5 Å². The summed E-state index contributed by atoms with van der Waals surface area (Å²) >= 11 is 2.83. The van der Waals surface area contributed by atoms with Gasteiger partial charge in [-0.3, -0.25) is 4.79 Å². The van der Waals surface area contributed by atoms with Crippen molar-refractivity contribution in [1.29, 1.82) is 0 Å². The fourth-order valence-corrected chi connectivity index (χ4v) is 3.75. The molecule has 0 fully saturated rings. The molecular weight excluding hydrogens is 320 g/mol. The van der Waals surface area contributed by atoms with Crippen molar-refractivity contribution >= 4 is 34.7 Å². The second kappa shape index (κ2) is 6.45. The van der Waals surface area contributed by atoms with Gasteiger partial charge in [0.15, 0.2) is 11.5 Å². The van der Waals surface area contributed by atoms with E-state index in [2.05, 4.69) is 15.3 Å². The van der Waals surface area contributed by atoms with Crippen molar-refractivity contribution in [3.63, 3.8) is 0 Å². The normalized spacial score (nSPS) is 12.6. The van der Waals surface area contributed by atoms with E-state index in [0.717, 1.165) is 11.3 Å². The van der Waals surface area contributed by atoms with E-state index in [1.54, 1.807) is 21.9 Å². The standard InChI is InChI=1S/C14H14N4O2S2/c1-2-4-10(14(19)20)22-12-7-6-11-15-16-13(18(11)17-12)9-5-3-8-21-9/h3,5-8,10H,2,4H2,1H3,(H,19,20). The molecule has 0 aliphatic carbocycles. The lowest BCUT2D eigenvalue weighted by molar-refractivity contribution is -0.136. The fraction of sp³-hybridized carbons (Fsp3) is 0.286. The minimum absolute atomic E-state index is 0.489. The lowest BCUT2D eigenvalue weighted by atomic mass is 10.2. The number of carbonyl (C=O) groups is 1. The third-order valence-corrected chi connectivity index (χ3v) is 5.12. The molecule has 0 aromatic carbocycles. The maximum atomic E-state index is 11.3. The smallest absolute Gasteiger partial charge is 0.317 e. The number of thiophene rings is 1. The molecule has 0 saturated carbocycles. The van der Waals surface area contributed by atoms with Crippen LogP contribution in [-0.4, -0.2) is 36.1 Å². The van der Waals surface area contributed by atoms with Gasteiger partial charge in [0, 0.05) is 0 Å². The second-order valence-electron chi connectivity index (χ2n) is 4.68. The SMILES string of the molecule is CCCC(Sc1ccc2nnc(-c3cccs3)n2n1)C(=O)O. The second-order valence-corrected chi connectivity index (χ2v) is 6.85. The van der Waals surface area contributed by atoms with Gasteiger partial charge in [0.25, 0.3) is 0 Å². The molecule has 1 unspecified atom stereocenters. The number of aromatic nitrogens is 4. The molecule has 1 atom stereocenters. The highest BCUT2D eigenvalue weighted by Crippen LogP contribution is 2.27. The Bertz CT molecular complexity index is 785. The van der Waals surface area contributed by atoms with Gasteiger partial charge in [-0.05, 0) is 30.0 Å². The average Bonchev–Trinajstić information content (AvgIpc) is 3.15. The van der Waals surface area contributed by atoms with E-state index in [0.29, 0.717) is 22.9 Å². The summed E-state index contributed by atoms with van der Waals surface area (Å²) in [5.41, 5.74) is 0.648. The van der Waals surface area contributed by atoms with Crippen molar-refractivity contribution in [1.82, 2.24) is 19.8 Å². The van der Waals surface area contributed by atoms with E-state index in [1.165, 1.54) is 11.8 Å². The van der Waals surface area contributed by atoms with E-state index >= 15 is 0 Å². The van der Waals surface area contributed by atoms with Crippen molar-refractivity contribution < 1.29 is 9.90 Å². The first-order chi connectivity index (χ1) is 10.7. The summed E-state index contributed by atoms with van der Waals surface area (Å²) < 4.78 is 1.67. The molecule has 0 spiro atoms. The molecule has 0 saturated heterocycles. The Hall–Kier alpha value is -1.93. The Morgan fingerprint density at radius 2 is 2.27 bits per heavy atom. The minimum atomic E-state index is -0.809. The quantitative estimate of drug-likeness (QED) is 0.697. The highest BCUT2D eigenvalue weighted by molar-refractivity contribution is 8.00. The summed E-state index contributed by atoms with van der Waals surface area (Å²) in [5, 5.41) is 24.2. The largest absolute Gasteiger partial charge is 0.480 e. The number of hydrogen-bond donors (Lipinski definition) is 1. The number of rotatable bonds is 6. The molecule has 3 aromatic rings. The van der Waals surface area contributed by atoms with Gasteiger partial charge in [0.1, 0.15) is 10.3 Å². The molecule has 0 radical (unpaired) electrons. The number of nitrogens with zero attached hydrogens (tertiary/aromatic N) is 4. The molecule has 0 bridgehead atoms. The molecule has 0 aliphatic heterocycles. The summed E-state index contributed by atoms with van der Waals surface area (Å²) in [6.07, 6.45) is 1.43. The van der Waals surface area contributed by atoms with Crippen LogP contribution in [0.5, 0.6) is 0 Å². The molecule has 0 amide bonds. The summed E-state index contributed by atoms with van der Waals surface area (Å²) in [4.78, 5) is 12.3. The van der Waals surface area contributed by atoms with Crippen LogP contribution in [0.4, 0.5) is 0 Å². The van der Waals surface area contributed by atoms with E-state index in [1.807, 2.05) is 30.5 Å². The maximum absolute atomic E-state index is 11.3. The number of fused-ring (bicyclic) bond motifs is 1. The van der Waals surface area contributed by atoms with Crippen LogP contribution in [0.2, 0.25) is 0 Å². The Morgan fingerprint density at radius 3 is 2.95 bits per heavy atom. The number of carboxylic acid groups (broad SMARTS) is 1. The predicted molar refractivity (Wildman–Crippen MR) is 86.3 cm³/mol. The zero-order valence-corrected chi connectivity index (χ0v) is 13.5. The summed E-state index contributed by atoms with van der Waals surface area (Å²) in [5.74, 6) is -0.134. The van der Waals surface area contributed by atoms with Gasteiger partial charge in [-0.1, -0.05) is 31.2 Å². The molecule has 8 heteroatoms. The van der Waals surface area contributed by atoms with Crippen LogP contribution < -0.4 is 0 Å². The zero-order valence-electron chi connectivity index (χ0n) is 11.8. The molecule has 0 aliphatic rings. The van der Waals surface area contributed by atoms with Crippen molar-refractivity contribution in [2.45, 2.75) is 30.0 Å². The van der Waals surface area contributed by atoms with E-state index in [9.17, 15) is 9.90 Å². The van der Waals surface area contributed by atoms with Crippen LogP contribution >= 0.6 is 23.1 Å². The first-order valence-corrected chi connectivity index (χ1v) is 8.60. The third-order valence-electron chi connectivity index (χ3n) is 3.07. The lowest BCUT2D eigenvalue weighted by Crippen LogP contribution is -2.16. The number of carboxylic acids is 1. The van der Waals surface area contributed by atoms with E-state index in [-0.39, 0.29) is 0 Å². The first-order valence-electron chi connectivity index (χ1n) is 6.85. The molecular formula is C14H14N4O2S2. The Labute approximate surface area is 135 Å². The van der Waals surface area contributed by atoms with Crippen LogP contribution in [0.3, 0.4) is 0 Å². The molecule has 1 N–H and O–H groups in total. The van der Waals surface area contributed by atoms with Gasteiger partial charge in [0.2, 0.25) is 0 Å². The predicted octanol–water partition coefficient (Wildman–Crippen LogP) is 3.20. The molecule has 3 rings (SSSR count). The van der Waals surface area contributed by atoms with Crippen molar-refractivity contribution in [2.24, 2.45) is 0 Å². The fourth-order valence-electron chi connectivity index (χ4n) is 2.04. The Morgan fingerprint density at radius 1 is 1.41 bits per heavy atom. The van der Waals surface area contributed by atoms with Gasteiger partial charge < -0.3 is 5.11 Å². The zero-order chi connectivity index (χ0) is 15.5. The molecule has 114 valence electrons. The van der Waals surface area contributed by atoms with Crippen molar-refractivity contribution in [2.75, 3.05) is 0 Å². The average molecular weight is 334 g/mol. The first kappa shape index (κ1) is 15.0. The van der Waals surface area contributed by atoms with Crippen molar-refractivity contribution in [3.8, 4) is 10.7 Å². The third kappa shape index (κ3) is 2.97. The molecule has 3 aromatic heterocycles. The Kier molecular flexibility index (Phi) is 4.39. The number of hydrogen-bond acceptors (Lipinski definition) is 6. The van der Waals surface area contributed by atoms with Crippen LogP contribution in [0.15, 0.2) is 34.7 Å². The number of aliphatic carboxylic acids is 1. The molecule has 22 heavy (non-hydrogen) atoms. The van der Waals surface area contributed by atoms with Gasteiger partial charge in [0.05, 0.1) is 4.88 Å².